The first-order chi connectivity index (χ1) is 41.1. The minimum absolute atomic E-state index is 0.0680. The van der Waals surface area contributed by atoms with Crippen LogP contribution in [0, 0.1) is 11.8 Å². The van der Waals surface area contributed by atoms with E-state index in [0.29, 0.717) is 80.0 Å². The maximum atomic E-state index is 13.9. The van der Waals surface area contributed by atoms with E-state index in [1.807, 2.05) is 18.2 Å². The molecule has 15 nitrogen and oxygen atoms in total. The Morgan fingerprint density at radius 3 is 1.35 bits per heavy atom. The third-order valence-corrected chi connectivity index (χ3v) is 27.2. The molecule has 5 N–H and O–H groups in total. The lowest BCUT2D eigenvalue weighted by Gasteiger charge is -2.37. The van der Waals surface area contributed by atoms with Gasteiger partial charge in [-0.25, -0.2) is 0 Å². The molecule has 0 aliphatic rings. The zero-order valence-corrected chi connectivity index (χ0v) is 59.2. The normalized spacial score (nSPS) is 14.5. The van der Waals surface area contributed by atoms with E-state index in [4.69, 9.17) is 17.7 Å². The minimum atomic E-state index is -2.90. The monoisotopic (exact) mass is 1270 g/mol. The zero-order valence-electron chi connectivity index (χ0n) is 55.2. The van der Waals surface area contributed by atoms with E-state index in [1.54, 1.807) is 43.5 Å². The van der Waals surface area contributed by atoms with Crippen molar-refractivity contribution in [2.45, 2.75) is 258 Å². The Morgan fingerprint density at radius 1 is 0.453 bits per heavy atom. The molecule has 0 aliphatic carbocycles. The van der Waals surface area contributed by atoms with Gasteiger partial charge in [0, 0.05) is 55.4 Å². The van der Waals surface area contributed by atoms with Crippen molar-refractivity contribution >= 4 is 68.7 Å². The summed E-state index contributed by atoms with van der Waals surface area (Å²) in [6, 6.07) is 17.0. The van der Waals surface area contributed by atoms with Gasteiger partial charge in [0.05, 0.1) is 31.0 Å². The second-order valence-electron chi connectivity index (χ2n) is 26.2. The van der Waals surface area contributed by atoms with Crippen molar-refractivity contribution in [3.8, 4) is 0 Å². The minimum Gasteiger partial charge on any atom is -0.481 e. The highest BCUT2D eigenvalue weighted by atomic mass is 28.4. The highest BCUT2D eigenvalue weighted by molar-refractivity contribution is 6.79. The lowest BCUT2D eigenvalue weighted by Crippen LogP contribution is -2.57. The van der Waals surface area contributed by atoms with Gasteiger partial charge >= 0.3 is 11.9 Å². The Bertz CT molecular complexity index is 2190. The molecule has 2 aromatic carbocycles. The van der Waals surface area contributed by atoms with E-state index in [9.17, 15) is 39.0 Å². The first kappa shape index (κ1) is 78.3. The summed E-state index contributed by atoms with van der Waals surface area (Å²) in [5.74, 6) is -4.23. The van der Waals surface area contributed by atoms with Gasteiger partial charge in [0.1, 0.15) is 0 Å². The average Bonchev–Trinajstić information content (AvgIpc) is 2.30. The number of hydrogen-bond donors (Lipinski definition) is 5. The molecule has 0 saturated heterocycles. The lowest BCUT2D eigenvalue weighted by atomic mass is 9.96. The summed E-state index contributed by atoms with van der Waals surface area (Å²) >= 11 is 0. The molecule has 0 fully saturated rings. The first-order valence-electron chi connectivity index (χ1n) is 33.5. The average molecular weight is 1270 g/mol. The quantitative estimate of drug-likeness (QED) is 0.0238. The number of hydrogen-bond acceptors (Lipinski definition) is 10. The highest BCUT2D eigenvalue weighted by Crippen LogP contribution is 2.25. The standard InChI is InChI=1S/C67H119N3O12Si4/c1-10-12-14-16-18-20-22-24-26-28-30-33-41-60(52-63(72)73)66(76)70-53-86(9,54-80-83(4,5)6)82-56-85(8,50-37-47-68-62(71)51-61(67(77)78)42-34-31-29-27-25-23-21-19-17-15-13-11-2)81-55-84(7,79-3)49-38-48-69-65(75)59-45-43-58(44-46-59)64(74)57-39-35-32-36-40-57/h32,35-36,39-40,43-46,60-61H,10-31,33-34,37-38,41-42,47-56H2,1-9H3,(H,68,71)(H,69,75)(H,70,76)(H,72,73)(H,77,78). The molecule has 0 radical (unpaired) electrons. The van der Waals surface area contributed by atoms with Crippen LogP contribution in [0.4, 0.5) is 0 Å². The fourth-order valence-electron chi connectivity index (χ4n) is 10.6. The maximum absolute atomic E-state index is 13.9. The first-order valence-corrected chi connectivity index (χ1v) is 45.4. The van der Waals surface area contributed by atoms with Crippen LogP contribution in [0.1, 0.15) is 233 Å². The summed E-state index contributed by atoms with van der Waals surface area (Å²) in [6.45, 7) is 17.9. The van der Waals surface area contributed by atoms with E-state index < -0.39 is 57.0 Å². The maximum Gasteiger partial charge on any atom is 0.307 e. The summed E-state index contributed by atoms with van der Waals surface area (Å²) < 4.78 is 26.9. The Labute approximate surface area is 524 Å². The van der Waals surface area contributed by atoms with Gasteiger partial charge in [-0.2, -0.15) is 0 Å². The van der Waals surface area contributed by atoms with Crippen molar-refractivity contribution in [1.29, 1.82) is 0 Å². The molecule has 3 amide bonds. The second kappa shape index (κ2) is 45.4. The third-order valence-electron chi connectivity index (χ3n) is 16.6. The SMILES string of the molecule is CCCCCCCCCCCCCCC(CC(=O)NCCC[Si](C)(CO[Si](C)(CNC(=O)C(CCCCCCCCCCCCCC)CC(=O)O)CO[Si](C)(C)C)OC[Si](C)(CCCNC(=O)c1ccc(C(=O)c2ccccc2)cc1)OC)C(=O)O. The van der Waals surface area contributed by atoms with Crippen molar-refractivity contribution in [1.82, 2.24) is 16.0 Å². The van der Waals surface area contributed by atoms with Crippen LogP contribution in [0.2, 0.25) is 51.4 Å². The van der Waals surface area contributed by atoms with Crippen molar-refractivity contribution in [3.05, 3.63) is 71.3 Å². The van der Waals surface area contributed by atoms with Gasteiger partial charge < -0.3 is 43.9 Å². The number of unbranched alkanes of at least 4 members (excludes halogenated alkanes) is 22. The van der Waals surface area contributed by atoms with Crippen LogP contribution >= 0.6 is 0 Å². The molecule has 86 heavy (non-hydrogen) atoms. The number of amides is 3. The largest absolute Gasteiger partial charge is 0.481 e. The summed E-state index contributed by atoms with van der Waals surface area (Å²) in [4.78, 5) is 77.7. The predicted molar refractivity (Wildman–Crippen MR) is 359 cm³/mol. The summed E-state index contributed by atoms with van der Waals surface area (Å²) in [7, 11) is -8.60. The molecule has 0 aliphatic heterocycles. The van der Waals surface area contributed by atoms with E-state index in [1.165, 1.54) is 103 Å². The molecule has 5 unspecified atom stereocenters. The van der Waals surface area contributed by atoms with Gasteiger partial charge in [0.15, 0.2) is 14.1 Å². The van der Waals surface area contributed by atoms with Crippen LogP contribution in [-0.2, 0) is 36.9 Å². The van der Waals surface area contributed by atoms with E-state index in [2.05, 4.69) is 69.1 Å². The molecular formula is C67H119N3O12Si4. The van der Waals surface area contributed by atoms with Gasteiger partial charge in [-0.1, -0.05) is 210 Å². The smallest absolute Gasteiger partial charge is 0.307 e. The fourth-order valence-corrected chi connectivity index (χ4v) is 22.3. The van der Waals surface area contributed by atoms with Crippen molar-refractivity contribution in [2.75, 3.05) is 45.1 Å². The molecule has 0 bridgehead atoms. The van der Waals surface area contributed by atoms with Crippen molar-refractivity contribution < 1.29 is 56.7 Å². The number of rotatable bonds is 55. The third kappa shape index (κ3) is 37.2. The van der Waals surface area contributed by atoms with Crippen LogP contribution < -0.4 is 16.0 Å². The molecular weight excluding hydrogens is 1150 g/mol. The molecule has 2 rings (SSSR count). The molecule has 19 heteroatoms. The number of aliphatic carboxylic acids is 2. The Hall–Kier alpha value is -3.83. The van der Waals surface area contributed by atoms with E-state index in [-0.39, 0.29) is 48.7 Å². The number of carboxylic acids is 2. The van der Waals surface area contributed by atoms with Crippen molar-refractivity contribution in [3.63, 3.8) is 0 Å². The molecule has 0 aromatic heterocycles. The molecule has 490 valence electrons. The van der Waals surface area contributed by atoms with Gasteiger partial charge in [0.25, 0.3) is 5.91 Å². The van der Waals surface area contributed by atoms with Crippen LogP contribution in [0.5, 0.6) is 0 Å². The van der Waals surface area contributed by atoms with Gasteiger partial charge in [-0.05, 0) is 89.2 Å². The van der Waals surface area contributed by atoms with Gasteiger partial charge in [-0.3, -0.25) is 28.8 Å². The number of carbonyl (C=O) groups is 6. The van der Waals surface area contributed by atoms with Crippen LogP contribution in [-0.4, -0.2) is 124 Å². The Kier molecular flexibility index (Phi) is 41.3. The lowest BCUT2D eigenvalue weighted by molar-refractivity contribution is -0.144. The highest BCUT2D eigenvalue weighted by Gasteiger charge is 2.40. The van der Waals surface area contributed by atoms with E-state index in [0.717, 1.165) is 51.4 Å². The predicted octanol–water partition coefficient (Wildman–Crippen LogP) is 15.4. The molecule has 2 aromatic rings. The topological polar surface area (TPSA) is 216 Å². The van der Waals surface area contributed by atoms with Crippen molar-refractivity contribution in [2.24, 2.45) is 11.8 Å². The second-order valence-corrected chi connectivity index (χ2v) is 42.6. The van der Waals surface area contributed by atoms with Gasteiger partial charge in [-0.15, -0.1) is 0 Å². The molecule has 0 saturated carbocycles. The number of carbonyl (C=O) groups excluding carboxylic acids is 4. The Morgan fingerprint density at radius 2 is 0.872 bits per heavy atom. The summed E-state index contributed by atoms with van der Waals surface area (Å²) in [6.07, 6.45) is 31.7. The number of benzene rings is 2. The van der Waals surface area contributed by atoms with E-state index >= 15 is 0 Å². The van der Waals surface area contributed by atoms with Crippen LogP contribution in [0.15, 0.2) is 54.6 Å². The number of carboxylic acid groups (broad SMARTS) is 2. The molecule has 0 spiro atoms. The van der Waals surface area contributed by atoms with Crippen LogP contribution in [0.25, 0.3) is 0 Å². The zero-order chi connectivity index (χ0) is 63.5. The summed E-state index contributed by atoms with van der Waals surface area (Å²) in [5.41, 5.74) is 1.54. The molecule has 5 atom stereocenters. The van der Waals surface area contributed by atoms with Crippen LogP contribution in [0.3, 0.4) is 0 Å². The van der Waals surface area contributed by atoms with Gasteiger partial charge in [0.2, 0.25) is 36.8 Å². The summed E-state index contributed by atoms with van der Waals surface area (Å²) in [5, 5.41) is 29.1. The number of ketones is 1. The fraction of sp³-hybridized carbons (Fsp3) is 0.731. The number of nitrogens with one attached hydrogen (secondary N) is 3. The molecule has 0 heterocycles. The Balaban J connectivity index is 2.14.